The van der Waals surface area contributed by atoms with Crippen molar-refractivity contribution in [3.05, 3.63) is 64.4 Å². The summed E-state index contributed by atoms with van der Waals surface area (Å²) in [5, 5.41) is 2.67. The van der Waals surface area contributed by atoms with E-state index in [1.807, 2.05) is 0 Å². The van der Waals surface area contributed by atoms with Crippen LogP contribution in [0.25, 0.3) is 10.6 Å². The molecule has 3 aromatic rings. The van der Waals surface area contributed by atoms with E-state index in [-0.39, 0.29) is 11.8 Å². The first-order chi connectivity index (χ1) is 11.4. The van der Waals surface area contributed by atoms with Gasteiger partial charge < -0.3 is 4.74 Å². The van der Waals surface area contributed by atoms with Gasteiger partial charge in [-0.3, -0.25) is 0 Å². The number of aromatic nitrogens is 2. The van der Waals surface area contributed by atoms with Crippen molar-refractivity contribution in [2.45, 2.75) is 12.8 Å². The molecule has 0 spiro atoms. The van der Waals surface area contributed by atoms with Gasteiger partial charge in [-0.2, -0.15) is 13.2 Å². The van der Waals surface area contributed by atoms with Gasteiger partial charge in [-0.05, 0) is 24.3 Å². The van der Waals surface area contributed by atoms with Gasteiger partial charge in [0, 0.05) is 17.1 Å². The highest BCUT2D eigenvalue weighted by Gasteiger charge is 2.30. The predicted molar refractivity (Wildman–Crippen MR) is 86.1 cm³/mol. The highest BCUT2D eigenvalue weighted by atomic mass is 35.5. The Kier molecular flexibility index (Phi) is 4.73. The maximum Gasteiger partial charge on any atom is 0.416 e. The van der Waals surface area contributed by atoms with E-state index < -0.39 is 11.7 Å². The van der Waals surface area contributed by atoms with E-state index in [1.54, 1.807) is 23.7 Å². The highest BCUT2D eigenvalue weighted by molar-refractivity contribution is 7.13. The summed E-state index contributed by atoms with van der Waals surface area (Å²) in [5.41, 5.74) is 0.603. The Balaban J connectivity index is 1.70. The van der Waals surface area contributed by atoms with Gasteiger partial charge in [0.25, 0.3) is 0 Å². The van der Waals surface area contributed by atoms with Crippen molar-refractivity contribution >= 4 is 22.9 Å². The second-order valence-electron chi connectivity index (χ2n) is 4.80. The highest BCUT2D eigenvalue weighted by Crippen LogP contribution is 2.32. The summed E-state index contributed by atoms with van der Waals surface area (Å²) >= 11 is 7.23. The zero-order chi connectivity index (χ0) is 17.2. The molecule has 0 aliphatic rings. The third kappa shape index (κ3) is 3.85. The van der Waals surface area contributed by atoms with E-state index in [9.17, 15) is 13.2 Å². The molecule has 0 aliphatic heterocycles. The summed E-state index contributed by atoms with van der Waals surface area (Å²) in [6, 6.07) is 8.30. The Hall–Kier alpha value is -2.12. The van der Waals surface area contributed by atoms with E-state index in [0.29, 0.717) is 22.0 Å². The SMILES string of the molecule is FC(F)(F)c1ccc(-c2nc(COc3cccnc3Cl)cs2)cc1. The van der Waals surface area contributed by atoms with Crippen molar-refractivity contribution < 1.29 is 17.9 Å². The molecular weight excluding hydrogens is 361 g/mol. The number of pyridine rings is 1. The molecule has 24 heavy (non-hydrogen) atoms. The number of alkyl halides is 3. The van der Waals surface area contributed by atoms with Gasteiger partial charge in [-0.25, -0.2) is 9.97 Å². The van der Waals surface area contributed by atoms with Crippen molar-refractivity contribution in [1.29, 1.82) is 0 Å². The molecule has 3 nitrogen and oxygen atoms in total. The Labute approximate surface area is 144 Å². The zero-order valence-corrected chi connectivity index (χ0v) is 13.6. The van der Waals surface area contributed by atoms with E-state index in [4.69, 9.17) is 16.3 Å². The number of rotatable bonds is 4. The molecule has 0 aliphatic carbocycles. The Morgan fingerprint density at radius 2 is 1.88 bits per heavy atom. The molecule has 124 valence electrons. The molecule has 0 N–H and O–H groups in total. The minimum atomic E-state index is -4.34. The second kappa shape index (κ2) is 6.78. The van der Waals surface area contributed by atoms with Crippen LogP contribution in [-0.2, 0) is 12.8 Å². The number of thiazole rings is 1. The standard InChI is InChI=1S/C16H10ClF3N2OS/c17-14-13(2-1-7-21-14)23-8-12-9-24-15(22-12)10-3-5-11(6-4-10)16(18,19)20/h1-7,9H,8H2. The van der Waals surface area contributed by atoms with E-state index in [0.717, 1.165) is 12.1 Å². The zero-order valence-electron chi connectivity index (χ0n) is 12.0. The van der Waals surface area contributed by atoms with Gasteiger partial charge in [-0.1, -0.05) is 23.7 Å². The maximum absolute atomic E-state index is 12.6. The molecule has 3 rings (SSSR count). The van der Waals surface area contributed by atoms with Crippen LogP contribution in [0.2, 0.25) is 5.15 Å². The molecule has 1 aromatic carbocycles. The van der Waals surface area contributed by atoms with Gasteiger partial charge in [0.05, 0.1) is 11.3 Å². The number of halogens is 4. The van der Waals surface area contributed by atoms with Crippen molar-refractivity contribution in [3.8, 4) is 16.3 Å². The minimum absolute atomic E-state index is 0.197. The summed E-state index contributed by atoms with van der Waals surface area (Å²) in [5.74, 6) is 0.447. The molecule has 2 aromatic heterocycles. The number of hydrogen-bond donors (Lipinski definition) is 0. The lowest BCUT2D eigenvalue weighted by molar-refractivity contribution is -0.137. The van der Waals surface area contributed by atoms with Crippen LogP contribution in [0.1, 0.15) is 11.3 Å². The van der Waals surface area contributed by atoms with Gasteiger partial charge in [-0.15, -0.1) is 11.3 Å². The van der Waals surface area contributed by atoms with Gasteiger partial charge in [0.15, 0.2) is 10.9 Å². The van der Waals surface area contributed by atoms with Crippen LogP contribution in [0.5, 0.6) is 5.75 Å². The largest absolute Gasteiger partial charge is 0.484 e. The van der Waals surface area contributed by atoms with Gasteiger partial charge in [0.2, 0.25) is 0 Å². The van der Waals surface area contributed by atoms with Gasteiger partial charge >= 0.3 is 6.18 Å². The number of hydrogen-bond acceptors (Lipinski definition) is 4. The second-order valence-corrected chi connectivity index (χ2v) is 6.02. The van der Waals surface area contributed by atoms with Crippen molar-refractivity contribution in [2.24, 2.45) is 0 Å². The Morgan fingerprint density at radius 1 is 1.12 bits per heavy atom. The minimum Gasteiger partial charge on any atom is -0.484 e. The fourth-order valence-corrected chi connectivity index (χ4v) is 2.92. The van der Waals surface area contributed by atoms with Gasteiger partial charge in [0.1, 0.15) is 11.6 Å². The molecule has 0 fully saturated rings. The fraction of sp³-hybridized carbons (Fsp3) is 0.125. The first-order valence-electron chi connectivity index (χ1n) is 6.79. The molecule has 0 bridgehead atoms. The van der Waals surface area contributed by atoms with E-state index in [2.05, 4.69) is 9.97 Å². The Morgan fingerprint density at radius 3 is 2.54 bits per heavy atom. The van der Waals surface area contributed by atoms with E-state index in [1.165, 1.54) is 23.5 Å². The lowest BCUT2D eigenvalue weighted by Gasteiger charge is -2.06. The van der Waals surface area contributed by atoms with Crippen LogP contribution in [0, 0.1) is 0 Å². The fourth-order valence-electron chi connectivity index (χ4n) is 1.94. The first-order valence-corrected chi connectivity index (χ1v) is 8.04. The summed E-state index contributed by atoms with van der Waals surface area (Å²) in [4.78, 5) is 8.27. The van der Waals surface area contributed by atoms with Crippen molar-refractivity contribution in [3.63, 3.8) is 0 Å². The Bertz CT molecular complexity index is 834. The molecule has 8 heteroatoms. The smallest absolute Gasteiger partial charge is 0.416 e. The lowest BCUT2D eigenvalue weighted by Crippen LogP contribution is -2.03. The molecular formula is C16H10ClF3N2OS. The lowest BCUT2D eigenvalue weighted by atomic mass is 10.1. The normalized spacial score (nSPS) is 11.5. The molecule has 2 heterocycles. The average Bonchev–Trinajstić information content (AvgIpc) is 3.02. The molecule has 0 atom stereocenters. The van der Waals surface area contributed by atoms with Crippen LogP contribution in [0.4, 0.5) is 13.2 Å². The maximum atomic E-state index is 12.6. The third-order valence-corrected chi connectivity index (χ3v) is 4.34. The van der Waals surface area contributed by atoms with Crippen LogP contribution in [0.15, 0.2) is 48.0 Å². The summed E-state index contributed by atoms with van der Waals surface area (Å²) in [6.07, 6.45) is -2.79. The number of benzene rings is 1. The molecule has 0 saturated heterocycles. The molecule has 0 radical (unpaired) electrons. The van der Waals surface area contributed by atoms with Crippen LogP contribution in [0.3, 0.4) is 0 Å². The summed E-state index contributed by atoms with van der Waals surface area (Å²) in [6.45, 7) is 0.197. The quantitative estimate of drug-likeness (QED) is 0.572. The first kappa shape index (κ1) is 16.7. The topological polar surface area (TPSA) is 35.0 Å². The number of nitrogens with zero attached hydrogens (tertiary/aromatic N) is 2. The third-order valence-electron chi connectivity index (χ3n) is 3.11. The van der Waals surface area contributed by atoms with Crippen molar-refractivity contribution in [1.82, 2.24) is 9.97 Å². The van der Waals surface area contributed by atoms with Crippen LogP contribution >= 0.6 is 22.9 Å². The van der Waals surface area contributed by atoms with Crippen LogP contribution in [-0.4, -0.2) is 9.97 Å². The molecule has 0 unspecified atom stereocenters. The molecule has 0 saturated carbocycles. The number of ether oxygens (including phenoxy) is 1. The average molecular weight is 371 g/mol. The summed E-state index contributed by atoms with van der Waals surface area (Å²) < 4.78 is 43.3. The monoisotopic (exact) mass is 370 g/mol. The molecule has 0 amide bonds. The van der Waals surface area contributed by atoms with Crippen LogP contribution < -0.4 is 4.74 Å². The van der Waals surface area contributed by atoms with Crippen molar-refractivity contribution in [2.75, 3.05) is 0 Å². The predicted octanol–water partition coefficient (Wildman–Crippen LogP) is 5.46. The van der Waals surface area contributed by atoms with E-state index >= 15 is 0 Å². The summed E-state index contributed by atoms with van der Waals surface area (Å²) in [7, 11) is 0.